The molecule has 2 rings (SSSR count). The highest BCUT2D eigenvalue weighted by Crippen LogP contribution is 2.60. The average Bonchev–Trinajstić information content (AvgIpc) is 3.04. The maximum absolute atomic E-state index is 12.6. The zero-order valence-electron chi connectivity index (χ0n) is 16.7. The molecule has 2 fully saturated rings. The summed E-state index contributed by atoms with van der Waals surface area (Å²) in [5.74, 6) is 0. The first-order valence-electron chi connectivity index (χ1n) is 9.41. The maximum atomic E-state index is 12.6. The molecule has 0 spiro atoms. The standard InChI is InChI=1S/C16H29B2O8PS/c1-8(2)22-6-10-12(5-13(17)25-10)28-27(20,21)23-7-11-15(24-9(3)4)14(19)16(18)26-11/h8-16,19H,5-7H2,1-4H3,(H,20,21)/t10-,11-,12?,13-,14-,15?,16-/m1/s1. The molecule has 2 aliphatic rings. The van der Waals surface area contributed by atoms with E-state index < -0.39 is 43.2 Å². The number of rotatable bonds is 10. The van der Waals surface area contributed by atoms with Gasteiger partial charge in [-0.25, -0.2) is 4.57 Å². The third-order valence-electron chi connectivity index (χ3n) is 4.29. The van der Waals surface area contributed by atoms with Crippen LogP contribution in [0.4, 0.5) is 0 Å². The number of hydrogen-bond donors (Lipinski definition) is 2. The molecule has 8 atom stereocenters. The van der Waals surface area contributed by atoms with Crippen molar-refractivity contribution < 1.29 is 38.0 Å². The summed E-state index contributed by atoms with van der Waals surface area (Å²) >= 11 is 0.787. The van der Waals surface area contributed by atoms with Gasteiger partial charge in [0.1, 0.15) is 34.0 Å². The maximum Gasteiger partial charge on any atom is 0.387 e. The molecular formula is C16H29B2O8PS. The van der Waals surface area contributed by atoms with E-state index in [1.807, 2.05) is 27.7 Å². The van der Waals surface area contributed by atoms with E-state index in [0.29, 0.717) is 6.42 Å². The van der Waals surface area contributed by atoms with E-state index in [-0.39, 0.29) is 30.7 Å². The van der Waals surface area contributed by atoms with Crippen molar-refractivity contribution in [2.75, 3.05) is 13.2 Å². The van der Waals surface area contributed by atoms with E-state index in [9.17, 15) is 14.6 Å². The largest absolute Gasteiger partial charge is 0.388 e. The van der Waals surface area contributed by atoms with Crippen LogP contribution in [-0.4, -0.2) is 92.8 Å². The minimum atomic E-state index is -4.04. The number of aliphatic hydroxyl groups excluding tert-OH is 1. The summed E-state index contributed by atoms with van der Waals surface area (Å²) in [6.07, 6.45) is -2.69. The molecule has 2 heterocycles. The minimum Gasteiger partial charge on any atom is -0.388 e. The third kappa shape index (κ3) is 7.29. The smallest absolute Gasteiger partial charge is 0.387 e. The summed E-state index contributed by atoms with van der Waals surface area (Å²) in [5, 5.41) is 9.75. The lowest BCUT2D eigenvalue weighted by Crippen LogP contribution is -2.38. The van der Waals surface area contributed by atoms with Crippen LogP contribution in [0.25, 0.3) is 0 Å². The first kappa shape index (κ1) is 24.7. The number of aliphatic hydroxyl groups is 1. The van der Waals surface area contributed by atoms with E-state index in [1.54, 1.807) is 0 Å². The lowest BCUT2D eigenvalue weighted by atomic mass is 9.93. The van der Waals surface area contributed by atoms with Crippen LogP contribution in [0.5, 0.6) is 0 Å². The molecule has 0 aromatic heterocycles. The minimum absolute atomic E-state index is 0.0105. The zero-order valence-corrected chi connectivity index (χ0v) is 18.4. The van der Waals surface area contributed by atoms with Gasteiger partial charge in [-0.2, -0.15) is 0 Å². The highest BCUT2D eigenvalue weighted by Gasteiger charge is 2.44. The summed E-state index contributed by atoms with van der Waals surface area (Å²) in [6.45, 7) is 3.41. The van der Waals surface area contributed by atoms with Crippen LogP contribution in [0, 0.1) is 0 Å². The molecule has 0 bridgehead atoms. The van der Waals surface area contributed by atoms with Crippen LogP contribution >= 0.6 is 18.2 Å². The van der Waals surface area contributed by atoms with Crippen LogP contribution in [0.1, 0.15) is 34.1 Å². The highest BCUT2D eigenvalue weighted by molar-refractivity contribution is 8.55. The molecule has 0 aromatic rings. The Labute approximate surface area is 173 Å². The number of ether oxygens (including phenoxy) is 4. The number of hydrogen-bond acceptors (Lipinski definition) is 8. The van der Waals surface area contributed by atoms with Crippen molar-refractivity contribution in [2.24, 2.45) is 0 Å². The Morgan fingerprint density at radius 1 is 1.14 bits per heavy atom. The Morgan fingerprint density at radius 3 is 2.43 bits per heavy atom. The third-order valence-corrected chi connectivity index (χ3v) is 7.73. The van der Waals surface area contributed by atoms with Crippen molar-refractivity contribution in [1.82, 2.24) is 0 Å². The second kappa shape index (κ2) is 10.6. The van der Waals surface area contributed by atoms with E-state index in [4.69, 9.17) is 39.2 Å². The molecule has 2 aliphatic heterocycles. The van der Waals surface area contributed by atoms with Gasteiger partial charge in [-0.1, -0.05) is 0 Å². The van der Waals surface area contributed by atoms with E-state index >= 15 is 0 Å². The fourth-order valence-corrected chi connectivity index (χ4v) is 6.40. The van der Waals surface area contributed by atoms with Gasteiger partial charge in [-0.15, -0.1) is 0 Å². The molecule has 2 saturated heterocycles. The molecule has 2 N–H and O–H groups in total. The van der Waals surface area contributed by atoms with Crippen LogP contribution in [0.2, 0.25) is 0 Å². The van der Waals surface area contributed by atoms with Crippen LogP contribution < -0.4 is 0 Å². The molecule has 0 aromatic carbocycles. The van der Waals surface area contributed by atoms with Crippen LogP contribution in [0.3, 0.4) is 0 Å². The van der Waals surface area contributed by atoms with Crippen molar-refractivity contribution in [3.05, 3.63) is 0 Å². The zero-order chi connectivity index (χ0) is 21.1. The molecule has 12 heteroatoms. The molecule has 28 heavy (non-hydrogen) atoms. The molecule has 0 amide bonds. The summed E-state index contributed by atoms with van der Waals surface area (Å²) in [7, 11) is 11.5. The molecule has 158 valence electrons. The summed E-state index contributed by atoms with van der Waals surface area (Å²) < 4.78 is 40.0. The first-order chi connectivity index (χ1) is 13.0. The van der Waals surface area contributed by atoms with Gasteiger partial charge in [-0.05, 0) is 45.5 Å². The summed E-state index contributed by atoms with van der Waals surface area (Å²) in [6, 6.07) is -1.46. The molecule has 0 saturated carbocycles. The van der Waals surface area contributed by atoms with Gasteiger partial charge in [0.25, 0.3) is 0 Å². The highest BCUT2D eigenvalue weighted by atomic mass is 32.7. The van der Waals surface area contributed by atoms with Gasteiger partial charge >= 0.3 is 6.80 Å². The molecule has 3 unspecified atom stereocenters. The predicted molar refractivity (Wildman–Crippen MR) is 108 cm³/mol. The average molecular weight is 434 g/mol. The fourth-order valence-electron chi connectivity index (χ4n) is 3.05. The lowest BCUT2D eigenvalue weighted by molar-refractivity contribution is -0.0751. The van der Waals surface area contributed by atoms with Crippen molar-refractivity contribution in [3.8, 4) is 0 Å². The Balaban J connectivity index is 1.90. The second-order valence-electron chi connectivity index (χ2n) is 7.52. The first-order valence-corrected chi connectivity index (χ1v) is 12.5. The van der Waals surface area contributed by atoms with Crippen LogP contribution in [-0.2, 0) is 28.0 Å². The predicted octanol–water partition coefficient (Wildman–Crippen LogP) is 0.962. The van der Waals surface area contributed by atoms with Crippen molar-refractivity contribution in [1.29, 1.82) is 0 Å². The molecular weight excluding hydrogens is 405 g/mol. The van der Waals surface area contributed by atoms with Gasteiger partial charge in [0.2, 0.25) is 0 Å². The van der Waals surface area contributed by atoms with E-state index in [2.05, 4.69) is 0 Å². The topological polar surface area (TPSA) is 104 Å². The fraction of sp³-hybridized carbons (Fsp3) is 1.00. The molecule has 4 radical (unpaired) electrons. The van der Waals surface area contributed by atoms with E-state index in [0.717, 1.165) is 11.4 Å². The quantitative estimate of drug-likeness (QED) is 0.385. The van der Waals surface area contributed by atoms with E-state index in [1.165, 1.54) is 0 Å². The molecule has 0 aliphatic carbocycles. The van der Waals surface area contributed by atoms with Crippen molar-refractivity contribution >= 4 is 33.9 Å². The Bertz CT molecular complexity index is 543. The van der Waals surface area contributed by atoms with Gasteiger partial charge in [0.15, 0.2) is 0 Å². The molecule has 8 nitrogen and oxygen atoms in total. The monoisotopic (exact) mass is 434 g/mol. The second-order valence-corrected chi connectivity index (χ2v) is 11.5. The SMILES string of the molecule is [B][C@@H]1O[C@H](COP(=O)(O)SC2C[C@H]([B])O[C@@H]2COC(C)C)C(OC(C)C)[C@H]1O. The normalized spacial score (nSPS) is 38.4. The van der Waals surface area contributed by atoms with Gasteiger partial charge in [-0.3, -0.25) is 4.52 Å². The van der Waals surface area contributed by atoms with Crippen molar-refractivity contribution in [2.45, 2.75) is 88.0 Å². The van der Waals surface area contributed by atoms with Gasteiger partial charge in [0, 0.05) is 17.3 Å². The summed E-state index contributed by atoms with van der Waals surface area (Å²) in [5.41, 5.74) is 0. The summed E-state index contributed by atoms with van der Waals surface area (Å²) in [4.78, 5) is 10.3. The van der Waals surface area contributed by atoms with Crippen LogP contribution in [0.15, 0.2) is 0 Å². The Hall–Kier alpha value is 0.430. The van der Waals surface area contributed by atoms with Crippen molar-refractivity contribution in [3.63, 3.8) is 0 Å². The Morgan fingerprint density at radius 2 is 1.82 bits per heavy atom. The van der Waals surface area contributed by atoms with Gasteiger partial charge in [0.05, 0.1) is 31.5 Å². The van der Waals surface area contributed by atoms with Gasteiger partial charge < -0.3 is 28.9 Å². The lowest BCUT2D eigenvalue weighted by Gasteiger charge is -2.25. The Kier molecular flexibility index (Phi) is 9.39.